The van der Waals surface area contributed by atoms with Crippen molar-refractivity contribution in [3.63, 3.8) is 0 Å². The summed E-state index contributed by atoms with van der Waals surface area (Å²) in [7, 11) is 1.62. The molecule has 1 rings (SSSR count). The number of rotatable bonds is 5. The summed E-state index contributed by atoms with van der Waals surface area (Å²) in [6.45, 7) is 8.64. The van der Waals surface area contributed by atoms with Gasteiger partial charge in [-0.25, -0.2) is 0 Å². The average Bonchev–Trinajstić information content (AvgIpc) is 2.84. The first-order chi connectivity index (χ1) is 8.02. The van der Waals surface area contributed by atoms with E-state index in [4.69, 9.17) is 4.74 Å². The van der Waals surface area contributed by atoms with Crippen molar-refractivity contribution in [2.75, 3.05) is 13.7 Å². The van der Waals surface area contributed by atoms with E-state index in [-0.39, 0.29) is 6.04 Å². The molecular formula is C14H23NO2. The minimum atomic E-state index is -0.903. The highest BCUT2D eigenvalue weighted by atomic mass is 16.5. The molecule has 0 unspecified atom stereocenters. The quantitative estimate of drug-likeness (QED) is 0.568. The summed E-state index contributed by atoms with van der Waals surface area (Å²) >= 11 is 0. The Kier molecular flexibility index (Phi) is 4.97. The van der Waals surface area contributed by atoms with E-state index in [1.165, 1.54) is 0 Å². The van der Waals surface area contributed by atoms with Gasteiger partial charge in [0.2, 0.25) is 0 Å². The van der Waals surface area contributed by atoms with Crippen molar-refractivity contribution < 1.29 is 9.84 Å². The molecule has 0 radical (unpaired) electrons. The Morgan fingerprint density at radius 3 is 2.71 bits per heavy atom. The molecule has 1 fully saturated rings. The second-order valence-electron chi connectivity index (χ2n) is 4.55. The van der Waals surface area contributed by atoms with Gasteiger partial charge in [0.15, 0.2) is 0 Å². The fourth-order valence-corrected chi connectivity index (χ4v) is 2.02. The van der Waals surface area contributed by atoms with Crippen LogP contribution in [-0.2, 0) is 4.74 Å². The van der Waals surface area contributed by atoms with Gasteiger partial charge in [0, 0.05) is 6.04 Å². The van der Waals surface area contributed by atoms with Crippen molar-refractivity contribution in [3.8, 4) is 0 Å². The number of methoxy groups -OCH3 is 1. The third kappa shape index (κ3) is 3.45. The first-order valence-electron chi connectivity index (χ1n) is 6.06. The van der Waals surface area contributed by atoms with Gasteiger partial charge in [0.25, 0.3) is 0 Å². The topological polar surface area (TPSA) is 41.5 Å². The Labute approximate surface area is 104 Å². The first kappa shape index (κ1) is 14.0. The number of nitrogens with one attached hydrogen (secondary N) is 1. The fraction of sp³-hybridized carbons (Fsp3) is 0.571. The maximum absolute atomic E-state index is 10.5. The van der Waals surface area contributed by atoms with E-state index in [2.05, 4.69) is 11.9 Å². The van der Waals surface area contributed by atoms with Crippen LogP contribution in [0.4, 0.5) is 0 Å². The van der Waals surface area contributed by atoms with Crippen molar-refractivity contribution in [1.29, 1.82) is 0 Å². The Morgan fingerprint density at radius 2 is 2.24 bits per heavy atom. The molecule has 2 atom stereocenters. The minimum absolute atomic E-state index is 0.0938. The number of aliphatic hydroxyl groups is 1. The summed E-state index contributed by atoms with van der Waals surface area (Å²) < 4.78 is 5.12. The molecule has 3 nitrogen and oxygen atoms in total. The van der Waals surface area contributed by atoms with E-state index in [0.717, 1.165) is 25.1 Å². The van der Waals surface area contributed by atoms with Gasteiger partial charge in [-0.3, -0.25) is 0 Å². The van der Waals surface area contributed by atoms with E-state index in [1.807, 2.05) is 32.1 Å². The SMILES string of the molecule is C=C(/C=C\C(=C/C)OC)[C@@](C)(O)[C@@H]1CCCN1. The molecule has 2 N–H and O–H groups in total. The zero-order chi connectivity index (χ0) is 12.9. The molecule has 0 aromatic heterocycles. The first-order valence-corrected chi connectivity index (χ1v) is 6.06. The lowest BCUT2D eigenvalue weighted by Gasteiger charge is -2.31. The third-order valence-corrected chi connectivity index (χ3v) is 3.36. The zero-order valence-electron chi connectivity index (χ0n) is 11.0. The molecule has 1 saturated heterocycles. The Hall–Kier alpha value is -1.06. The lowest BCUT2D eigenvalue weighted by Crippen LogP contribution is -2.46. The summed E-state index contributed by atoms with van der Waals surface area (Å²) in [5, 5.41) is 13.8. The van der Waals surface area contributed by atoms with E-state index in [0.29, 0.717) is 5.57 Å². The van der Waals surface area contributed by atoms with Crippen LogP contribution in [0, 0.1) is 0 Å². The number of ether oxygens (including phenoxy) is 1. The van der Waals surface area contributed by atoms with Crippen molar-refractivity contribution in [3.05, 3.63) is 36.1 Å². The normalized spacial score (nSPS) is 24.9. The molecule has 1 aliphatic heterocycles. The smallest absolute Gasteiger partial charge is 0.114 e. The minimum Gasteiger partial charge on any atom is -0.497 e. The van der Waals surface area contributed by atoms with Crippen LogP contribution in [0.15, 0.2) is 36.1 Å². The van der Waals surface area contributed by atoms with Crippen LogP contribution in [0.25, 0.3) is 0 Å². The molecule has 3 heteroatoms. The Morgan fingerprint density at radius 1 is 1.53 bits per heavy atom. The fourth-order valence-electron chi connectivity index (χ4n) is 2.02. The number of hydrogen-bond donors (Lipinski definition) is 2. The molecular weight excluding hydrogens is 214 g/mol. The van der Waals surface area contributed by atoms with Crippen LogP contribution in [-0.4, -0.2) is 30.4 Å². The van der Waals surface area contributed by atoms with Gasteiger partial charge in [-0.05, 0) is 51.0 Å². The molecule has 0 saturated carbocycles. The van der Waals surface area contributed by atoms with Crippen LogP contribution in [0.2, 0.25) is 0 Å². The molecule has 0 aliphatic carbocycles. The Balaban J connectivity index is 2.68. The second kappa shape index (κ2) is 6.03. The molecule has 1 heterocycles. The van der Waals surface area contributed by atoms with Crippen LogP contribution >= 0.6 is 0 Å². The number of hydrogen-bond acceptors (Lipinski definition) is 3. The molecule has 1 aliphatic rings. The van der Waals surface area contributed by atoms with E-state index in [1.54, 1.807) is 7.11 Å². The lowest BCUT2D eigenvalue weighted by atomic mass is 9.87. The van der Waals surface area contributed by atoms with E-state index >= 15 is 0 Å². The average molecular weight is 237 g/mol. The summed E-state index contributed by atoms with van der Waals surface area (Å²) in [4.78, 5) is 0. The van der Waals surface area contributed by atoms with Gasteiger partial charge in [-0.2, -0.15) is 0 Å². The predicted octanol–water partition coefficient (Wildman–Crippen LogP) is 2.15. The van der Waals surface area contributed by atoms with Crippen molar-refractivity contribution in [2.24, 2.45) is 0 Å². The van der Waals surface area contributed by atoms with Gasteiger partial charge in [0.1, 0.15) is 11.4 Å². The monoisotopic (exact) mass is 237 g/mol. The highest BCUT2D eigenvalue weighted by Gasteiger charge is 2.35. The van der Waals surface area contributed by atoms with Gasteiger partial charge in [-0.1, -0.05) is 12.7 Å². The molecule has 96 valence electrons. The largest absolute Gasteiger partial charge is 0.497 e. The second-order valence-corrected chi connectivity index (χ2v) is 4.55. The summed E-state index contributed by atoms with van der Waals surface area (Å²) in [6, 6.07) is 0.0938. The molecule has 0 aromatic carbocycles. The van der Waals surface area contributed by atoms with Crippen molar-refractivity contribution in [2.45, 2.75) is 38.3 Å². The van der Waals surface area contributed by atoms with Crippen molar-refractivity contribution >= 4 is 0 Å². The van der Waals surface area contributed by atoms with E-state index < -0.39 is 5.60 Å². The van der Waals surface area contributed by atoms with Gasteiger partial charge in [0.05, 0.1) is 7.11 Å². The molecule has 0 spiro atoms. The van der Waals surface area contributed by atoms with Gasteiger partial charge in [-0.15, -0.1) is 0 Å². The third-order valence-electron chi connectivity index (χ3n) is 3.36. The maximum atomic E-state index is 10.5. The summed E-state index contributed by atoms with van der Waals surface area (Å²) in [5.74, 6) is 0.765. The van der Waals surface area contributed by atoms with E-state index in [9.17, 15) is 5.11 Å². The predicted molar refractivity (Wildman–Crippen MR) is 70.7 cm³/mol. The highest BCUT2D eigenvalue weighted by molar-refractivity contribution is 5.31. The highest BCUT2D eigenvalue weighted by Crippen LogP contribution is 2.26. The summed E-state index contributed by atoms with van der Waals surface area (Å²) in [5.41, 5.74) is -0.201. The lowest BCUT2D eigenvalue weighted by molar-refractivity contribution is 0.0661. The van der Waals surface area contributed by atoms with Gasteiger partial charge >= 0.3 is 0 Å². The number of allylic oxidation sites excluding steroid dienone is 2. The van der Waals surface area contributed by atoms with Crippen LogP contribution < -0.4 is 5.32 Å². The standard InChI is InChI=1S/C14H23NO2/c1-5-12(17-4)9-8-11(2)14(3,16)13-7-6-10-15-13/h5,8-9,13,15-16H,2,6-7,10H2,1,3-4H3/b9-8-,12-5+/t13-,14+/m0/s1. The van der Waals surface area contributed by atoms with Crippen LogP contribution in [0.3, 0.4) is 0 Å². The molecule has 17 heavy (non-hydrogen) atoms. The molecule has 0 aromatic rings. The Bertz CT molecular complexity index is 323. The van der Waals surface area contributed by atoms with Crippen molar-refractivity contribution in [1.82, 2.24) is 5.32 Å². The molecule has 0 amide bonds. The van der Waals surface area contributed by atoms with Crippen LogP contribution in [0.1, 0.15) is 26.7 Å². The molecule has 0 bridgehead atoms. The summed E-state index contributed by atoms with van der Waals surface area (Å²) in [6.07, 6.45) is 7.60. The van der Waals surface area contributed by atoms with Gasteiger partial charge < -0.3 is 15.2 Å². The maximum Gasteiger partial charge on any atom is 0.114 e. The van der Waals surface area contributed by atoms with Crippen LogP contribution in [0.5, 0.6) is 0 Å². The zero-order valence-corrected chi connectivity index (χ0v) is 11.0.